The number of halogens is 1. The van der Waals surface area contributed by atoms with Crippen molar-refractivity contribution in [3.05, 3.63) is 76.9 Å². The second-order valence-corrected chi connectivity index (χ2v) is 5.23. The Balaban J connectivity index is 1.99. The van der Waals surface area contributed by atoms with Crippen LogP contribution in [0.1, 0.15) is 29.4 Å². The highest BCUT2D eigenvalue weighted by Gasteiger charge is 2.14. The molecule has 0 fully saturated rings. The molecule has 0 aliphatic rings. The summed E-state index contributed by atoms with van der Waals surface area (Å²) in [5.41, 5.74) is 3.97. The maximum Gasteiger partial charge on any atom is 0.186 e. The highest BCUT2D eigenvalue weighted by Crippen LogP contribution is 2.18. The maximum atomic E-state index is 13.0. The van der Waals surface area contributed by atoms with Gasteiger partial charge in [-0.25, -0.2) is 9.07 Å². The van der Waals surface area contributed by atoms with Gasteiger partial charge in [-0.2, -0.15) is 5.26 Å². The van der Waals surface area contributed by atoms with E-state index in [9.17, 15) is 9.65 Å². The van der Waals surface area contributed by atoms with Crippen LogP contribution in [-0.4, -0.2) is 15.0 Å². The Labute approximate surface area is 133 Å². The summed E-state index contributed by atoms with van der Waals surface area (Å²) in [6.07, 6.45) is 1.43. The van der Waals surface area contributed by atoms with E-state index in [1.54, 1.807) is 16.8 Å². The van der Waals surface area contributed by atoms with E-state index < -0.39 is 0 Å². The fraction of sp³-hybridized carbons (Fsp3) is 0.167. The Morgan fingerprint density at radius 3 is 2.30 bits per heavy atom. The molecule has 0 aliphatic heterocycles. The standard InChI is InChI=1S/C18H15FN4/c1-2-13-5-9-16(10-6-13)23-18(17(12-20)21-22-23)11-14-3-7-15(19)8-4-14/h3-10H,2,11H2,1H3. The maximum absolute atomic E-state index is 13.0. The third-order valence-electron chi connectivity index (χ3n) is 3.74. The van der Waals surface area contributed by atoms with Crippen molar-refractivity contribution in [1.29, 1.82) is 5.26 Å². The Kier molecular flexibility index (Phi) is 4.15. The lowest BCUT2D eigenvalue weighted by Crippen LogP contribution is -2.04. The molecular formula is C18H15FN4. The fourth-order valence-electron chi connectivity index (χ4n) is 2.42. The van der Waals surface area contributed by atoms with Crippen molar-refractivity contribution in [2.24, 2.45) is 0 Å². The molecule has 0 saturated carbocycles. The fourth-order valence-corrected chi connectivity index (χ4v) is 2.42. The number of nitriles is 1. The first-order valence-electron chi connectivity index (χ1n) is 7.39. The molecule has 1 heterocycles. The van der Waals surface area contributed by atoms with Gasteiger partial charge in [-0.3, -0.25) is 0 Å². The first-order chi connectivity index (χ1) is 11.2. The molecule has 1 aromatic heterocycles. The van der Waals surface area contributed by atoms with Crippen LogP contribution in [0.2, 0.25) is 0 Å². The average molecular weight is 306 g/mol. The van der Waals surface area contributed by atoms with Gasteiger partial charge in [-0.15, -0.1) is 5.10 Å². The molecule has 0 saturated heterocycles. The predicted octanol–water partition coefficient (Wildman–Crippen LogP) is 3.43. The van der Waals surface area contributed by atoms with Crippen molar-refractivity contribution in [1.82, 2.24) is 15.0 Å². The van der Waals surface area contributed by atoms with E-state index in [1.165, 1.54) is 17.7 Å². The van der Waals surface area contributed by atoms with E-state index >= 15 is 0 Å². The van der Waals surface area contributed by atoms with Crippen LogP contribution in [0.3, 0.4) is 0 Å². The third kappa shape index (κ3) is 3.11. The molecule has 0 N–H and O–H groups in total. The third-order valence-corrected chi connectivity index (χ3v) is 3.74. The molecule has 0 aliphatic carbocycles. The lowest BCUT2D eigenvalue weighted by Gasteiger charge is -2.07. The quantitative estimate of drug-likeness (QED) is 0.742. The summed E-state index contributed by atoms with van der Waals surface area (Å²) in [4.78, 5) is 0. The number of aromatic nitrogens is 3. The van der Waals surface area contributed by atoms with Gasteiger partial charge >= 0.3 is 0 Å². The van der Waals surface area contributed by atoms with Gasteiger partial charge in [0.15, 0.2) is 5.69 Å². The van der Waals surface area contributed by atoms with Crippen LogP contribution >= 0.6 is 0 Å². The molecule has 114 valence electrons. The number of hydrogen-bond acceptors (Lipinski definition) is 3. The van der Waals surface area contributed by atoms with E-state index in [-0.39, 0.29) is 11.5 Å². The summed E-state index contributed by atoms with van der Waals surface area (Å²) in [6, 6.07) is 16.3. The van der Waals surface area contributed by atoms with Gasteiger partial charge in [0.1, 0.15) is 11.9 Å². The van der Waals surface area contributed by atoms with Gasteiger partial charge in [-0.05, 0) is 41.8 Å². The molecule has 3 aromatic rings. The first-order valence-corrected chi connectivity index (χ1v) is 7.39. The van der Waals surface area contributed by atoms with E-state index in [0.717, 1.165) is 17.7 Å². The first kappa shape index (κ1) is 14.9. The van der Waals surface area contributed by atoms with Crippen molar-refractivity contribution in [3.63, 3.8) is 0 Å². The lowest BCUT2D eigenvalue weighted by atomic mass is 10.1. The molecule has 4 nitrogen and oxygen atoms in total. The topological polar surface area (TPSA) is 54.5 Å². The zero-order valence-corrected chi connectivity index (χ0v) is 12.7. The second-order valence-electron chi connectivity index (χ2n) is 5.23. The van der Waals surface area contributed by atoms with Crippen LogP contribution in [0.25, 0.3) is 5.69 Å². The van der Waals surface area contributed by atoms with E-state index in [4.69, 9.17) is 0 Å². The van der Waals surface area contributed by atoms with Crippen LogP contribution in [0.4, 0.5) is 4.39 Å². The van der Waals surface area contributed by atoms with Crippen LogP contribution < -0.4 is 0 Å². The van der Waals surface area contributed by atoms with Crippen LogP contribution in [-0.2, 0) is 12.8 Å². The minimum Gasteiger partial charge on any atom is -0.216 e. The van der Waals surface area contributed by atoms with Gasteiger partial charge in [0.05, 0.1) is 11.4 Å². The summed E-state index contributed by atoms with van der Waals surface area (Å²) in [7, 11) is 0. The van der Waals surface area contributed by atoms with Gasteiger partial charge in [0.25, 0.3) is 0 Å². The van der Waals surface area contributed by atoms with Crippen LogP contribution in [0, 0.1) is 17.1 Å². The summed E-state index contributed by atoms with van der Waals surface area (Å²) < 4.78 is 14.7. The molecule has 5 heteroatoms. The minimum atomic E-state index is -0.281. The number of hydrogen-bond donors (Lipinski definition) is 0. The molecular weight excluding hydrogens is 291 g/mol. The number of aryl methyl sites for hydroxylation is 1. The predicted molar refractivity (Wildman–Crippen MR) is 84.7 cm³/mol. The van der Waals surface area contributed by atoms with Gasteiger partial charge < -0.3 is 0 Å². The zero-order valence-electron chi connectivity index (χ0n) is 12.7. The Morgan fingerprint density at radius 2 is 1.70 bits per heavy atom. The number of nitrogens with zero attached hydrogens (tertiary/aromatic N) is 4. The smallest absolute Gasteiger partial charge is 0.186 e. The molecule has 0 amide bonds. The van der Waals surface area contributed by atoms with E-state index in [2.05, 4.69) is 23.3 Å². The van der Waals surface area contributed by atoms with Crippen molar-refractivity contribution in [2.75, 3.05) is 0 Å². The van der Waals surface area contributed by atoms with Crippen LogP contribution in [0.15, 0.2) is 48.5 Å². The molecule has 0 unspecified atom stereocenters. The van der Waals surface area contributed by atoms with Crippen molar-refractivity contribution in [2.45, 2.75) is 19.8 Å². The van der Waals surface area contributed by atoms with Crippen molar-refractivity contribution >= 4 is 0 Å². The highest BCUT2D eigenvalue weighted by molar-refractivity contribution is 5.40. The number of rotatable bonds is 4. The minimum absolute atomic E-state index is 0.281. The SMILES string of the molecule is CCc1ccc(-n2nnc(C#N)c2Cc2ccc(F)cc2)cc1. The normalized spacial score (nSPS) is 10.5. The van der Waals surface area contributed by atoms with Gasteiger partial charge in [-0.1, -0.05) is 36.4 Å². The summed E-state index contributed by atoms with van der Waals surface area (Å²) in [5.74, 6) is -0.281. The summed E-state index contributed by atoms with van der Waals surface area (Å²) in [5, 5.41) is 17.3. The van der Waals surface area contributed by atoms with Gasteiger partial charge in [0, 0.05) is 6.42 Å². The molecule has 3 rings (SSSR count). The summed E-state index contributed by atoms with van der Waals surface area (Å²) >= 11 is 0. The van der Waals surface area contributed by atoms with E-state index in [1.807, 2.05) is 24.3 Å². The second kappa shape index (κ2) is 6.41. The van der Waals surface area contributed by atoms with E-state index in [0.29, 0.717) is 12.1 Å². The summed E-state index contributed by atoms with van der Waals surface area (Å²) in [6.45, 7) is 2.10. The van der Waals surface area contributed by atoms with Gasteiger partial charge in [0.2, 0.25) is 0 Å². The van der Waals surface area contributed by atoms with Crippen molar-refractivity contribution in [3.8, 4) is 11.8 Å². The lowest BCUT2D eigenvalue weighted by molar-refractivity contribution is 0.627. The highest BCUT2D eigenvalue weighted by atomic mass is 19.1. The Bertz CT molecular complexity index is 842. The Morgan fingerprint density at radius 1 is 1.04 bits per heavy atom. The number of benzene rings is 2. The largest absolute Gasteiger partial charge is 0.216 e. The van der Waals surface area contributed by atoms with Crippen molar-refractivity contribution < 1.29 is 4.39 Å². The molecule has 0 bridgehead atoms. The molecule has 23 heavy (non-hydrogen) atoms. The average Bonchev–Trinajstić information content (AvgIpc) is 2.99. The molecule has 0 spiro atoms. The molecule has 2 aromatic carbocycles. The molecule has 0 radical (unpaired) electrons. The van der Waals surface area contributed by atoms with Crippen LogP contribution in [0.5, 0.6) is 0 Å². The Hall–Kier alpha value is -3.00. The molecule has 0 atom stereocenters. The zero-order chi connectivity index (χ0) is 16.2. The monoisotopic (exact) mass is 306 g/mol.